The lowest BCUT2D eigenvalue weighted by molar-refractivity contribution is -0.166. The zero-order valence-electron chi connectivity index (χ0n) is 20.8. The van der Waals surface area contributed by atoms with E-state index in [1.807, 2.05) is 42.2 Å². The second kappa shape index (κ2) is 8.66. The molecule has 3 heterocycles. The molecule has 1 fully saturated rings. The monoisotopic (exact) mass is 477 g/mol. The largest absolute Gasteiger partial charge is 0.356 e. The van der Waals surface area contributed by atoms with Crippen molar-refractivity contribution in [1.29, 1.82) is 0 Å². The topological polar surface area (TPSA) is 56.4 Å². The first-order chi connectivity index (χ1) is 17.5. The van der Waals surface area contributed by atoms with Crippen molar-refractivity contribution in [3.8, 4) is 0 Å². The van der Waals surface area contributed by atoms with Gasteiger partial charge in [0.1, 0.15) is 0 Å². The molecule has 182 valence electrons. The summed E-state index contributed by atoms with van der Waals surface area (Å²) in [5.74, 6) is 0.0229. The zero-order valence-corrected chi connectivity index (χ0v) is 20.8. The van der Waals surface area contributed by atoms with Crippen molar-refractivity contribution in [3.63, 3.8) is 0 Å². The van der Waals surface area contributed by atoms with Crippen LogP contribution in [0.2, 0.25) is 0 Å². The molecule has 0 unspecified atom stereocenters. The molecule has 2 aliphatic heterocycles. The van der Waals surface area contributed by atoms with E-state index < -0.39 is 5.54 Å². The number of carbonyl (C=O) groups is 2. The number of carbonyl (C=O) groups excluding carboxylic acids is 2. The van der Waals surface area contributed by atoms with Gasteiger partial charge in [0.25, 0.3) is 5.91 Å². The number of hydrogen-bond donors (Lipinski definition) is 1. The lowest BCUT2D eigenvalue weighted by atomic mass is 9.76. The van der Waals surface area contributed by atoms with E-state index in [0.29, 0.717) is 13.1 Å². The van der Waals surface area contributed by atoms with Gasteiger partial charge in [-0.15, -0.1) is 0 Å². The molecule has 36 heavy (non-hydrogen) atoms. The maximum atomic E-state index is 14.1. The number of aryl methyl sites for hydroxylation is 2. The molecule has 4 aromatic rings. The molecule has 1 saturated heterocycles. The summed E-state index contributed by atoms with van der Waals surface area (Å²) in [7, 11) is 0. The zero-order chi connectivity index (χ0) is 24.9. The third-order valence-corrected chi connectivity index (χ3v) is 8.03. The maximum absolute atomic E-state index is 14.1. The van der Waals surface area contributed by atoms with Gasteiger partial charge in [0, 0.05) is 29.9 Å². The number of para-hydroxylation sites is 1. The first-order valence-corrected chi connectivity index (χ1v) is 12.8. The van der Waals surface area contributed by atoms with Crippen molar-refractivity contribution >= 4 is 22.7 Å². The minimum Gasteiger partial charge on any atom is -0.356 e. The third kappa shape index (κ3) is 3.53. The molecule has 0 radical (unpaired) electrons. The standard InChI is InChI=1S/C31H31N3O2/c1-21-14-16-23(17-15-21)25-19-34-27(35)20-33(18-8-11-22-9-4-3-5-10-22)30(36)31(34,2)29-28(25)24-12-6-7-13-26(24)32-29/h3-7,9-10,12-17,25,32H,8,11,18-20H2,1-2H3/t25-,31-/m0/s1. The molecule has 3 aromatic carbocycles. The van der Waals surface area contributed by atoms with Crippen LogP contribution in [0.3, 0.4) is 0 Å². The fourth-order valence-corrected chi connectivity index (χ4v) is 6.07. The molecule has 2 atom stereocenters. The number of hydrogen-bond acceptors (Lipinski definition) is 2. The number of piperazine rings is 1. The molecule has 5 nitrogen and oxygen atoms in total. The fourth-order valence-electron chi connectivity index (χ4n) is 6.07. The number of aromatic amines is 1. The van der Waals surface area contributed by atoms with Crippen LogP contribution in [0.5, 0.6) is 0 Å². The normalized spacial score (nSPS) is 21.6. The summed E-state index contributed by atoms with van der Waals surface area (Å²) in [6, 6.07) is 27.1. The molecule has 0 bridgehead atoms. The van der Waals surface area contributed by atoms with Crippen molar-refractivity contribution in [3.05, 3.63) is 107 Å². The predicted octanol–water partition coefficient (Wildman–Crippen LogP) is 5.14. The van der Waals surface area contributed by atoms with Crippen LogP contribution in [0, 0.1) is 6.92 Å². The van der Waals surface area contributed by atoms with Crippen LogP contribution in [0.4, 0.5) is 0 Å². The summed E-state index contributed by atoms with van der Waals surface area (Å²) in [6.07, 6.45) is 1.71. The van der Waals surface area contributed by atoms with Crippen LogP contribution in [-0.4, -0.2) is 46.2 Å². The van der Waals surface area contributed by atoms with Gasteiger partial charge in [-0.25, -0.2) is 0 Å². The summed E-state index contributed by atoms with van der Waals surface area (Å²) in [6.45, 7) is 5.21. The Kier molecular flexibility index (Phi) is 5.44. The van der Waals surface area contributed by atoms with Gasteiger partial charge in [0.2, 0.25) is 5.91 Å². The van der Waals surface area contributed by atoms with E-state index in [9.17, 15) is 9.59 Å². The number of H-pyrrole nitrogens is 1. The van der Waals surface area contributed by atoms with Crippen molar-refractivity contribution in [2.24, 2.45) is 0 Å². The van der Waals surface area contributed by atoms with Gasteiger partial charge in [-0.05, 0) is 49.4 Å². The number of benzene rings is 3. The van der Waals surface area contributed by atoms with Crippen molar-refractivity contribution in [2.45, 2.75) is 38.1 Å². The molecule has 0 aliphatic carbocycles. The van der Waals surface area contributed by atoms with Gasteiger partial charge >= 0.3 is 0 Å². The highest BCUT2D eigenvalue weighted by molar-refractivity contribution is 6.01. The third-order valence-electron chi connectivity index (χ3n) is 8.03. The van der Waals surface area contributed by atoms with E-state index >= 15 is 0 Å². The van der Waals surface area contributed by atoms with Crippen LogP contribution in [0.15, 0.2) is 78.9 Å². The van der Waals surface area contributed by atoms with Crippen molar-refractivity contribution < 1.29 is 9.59 Å². The van der Waals surface area contributed by atoms with Crippen LogP contribution in [0.1, 0.15) is 47.2 Å². The van der Waals surface area contributed by atoms with Crippen molar-refractivity contribution in [2.75, 3.05) is 19.6 Å². The predicted molar refractivity (Wildman–Crippen MR) is 142 cm³/mol. The van der Waals surface area contributed by atoms with Crippen LogP contribution in [0.25, 0.3) is 10.9 Å². The van der Waals surface area contributed by atoms with Gasteiger partial charge in [-0.2, -0.15) is 0 Å². The smallest absolute Gasteiger partial charge is 0.254 e. The SMILES string of the molecule is Cc1ccc([C@@H]2CN3C(=O)CN(CCCc4ccccc4)C(=O)[C@]3(C)c3[nH]c4ccccc4c32)cc1. The van der Waals surface area contributed by atoms with Crippen LogP contribution < -0.4 is 0 Å². The lowest BCUT2D eigenvalue weighted by Crippen LogP contribution is -2.67. The molecule has 5 heteroatoms. The molecule has 0 spiro atoms. The fraction of sp³-hybridized carbons (Fsp3) is 0.290. The number of fused-ring (bicyclic) bond motifs is 5. The summed E-state index contributed by atoms with van der Waals surface area (Å²) in [5.41, 5.74) is 5.57. The summed E-state index contributed by atoms with van der Waals surface area (Å²) in [4.78, 5) is 34.9. The highest BCUT2D eigenvalue weighted by atomic mass is 16.2. The summed E-state index contributed by atoms with van der Waals surface area (Å²) in [5, 5.41) is 1.13. The Bertz CT molecular complexity index is 1440. The number of amides is 2. The van der Waals surface area contributed by atoms with E-state index in [1.54, 1.807) is 4.90 Å². The Morgan fingerprint density at radius 3 is 2.44 bits per heavy atom. The Morgan fingerprint density at radius 2 is 1.67 bits per heavy atom. The highest BCUT2D eigenvalue weighted by Crippen LogP contribution is 2.48. The summed E-state index contributed by atoms with van der Waals surface area (Å²) >= 11 is 0. The molecule has 6 rings (SSSR count). The highest BCUT2D eigenvalue weighted by Gasteiger charge is 2.56. The van der Waals surface area contributed by atoms with E-state index in [-0.39, 0.29) is 24.3 Å². The van der Waals surface area contributed by atoms with Gasteiger partial charge in [-0.3, -0.25) is 9.59 Å². The van der Waals surface area contributed by atoms with E-state index in [2.05, 4.69) is 60.4 Å². The first kappa shape index (κ1) is 22.6. The second-order valence-corrected chi connectivity index (χ2v) is 10.3. The number of nitrogens with one attached hydrogen (secondary N) is 1. The second-order valence-electron chi connectivity index (χ2n) is 10.3. The van der Waals surface area contributed by atoms with E-state index in [0.717, 1.165) is 35.0 Å². The molecular weight excluding hydrogens is 446 g/mol. The quantitative estimate of drug-likeness (QED) is 0.433. The lowest BCUT2D eigenvalue weighted by Gasteiger charge is -2.51. The van der Waals surface area contributed by atoms with E-state index in [1.165, 1.54) is 16.7 Å². The van der Waals surface area contributed by atoms with Crippen LogP contribution in [-0.2, 0) is 21.5 Å². The van der Waals surface area contributed by atoms with Gasteiger partial charge < -0.3 is 14.8 Å². The van der Waals surface area contributed by atoms with Gasteiger partial charge in [0.05, 0.1) is 12.2 Å². The summed E-state index contributed by atoms with van der Waals surface area (Å²) < 4.78 is 0. The minimum atomic E-state index is -1.04. The number of nitrogens with zero attached hydrogens (tertiary/aromatic N) is 2. The van der Waals surface area contributed by atoms with Crippen molar-refractivity contribution in [1.82, 2.24) is 14.8 Å². The average Bonchev–Trinajstić information content (AvgIpc) is 3.29. The Hall–Kier alpha value is -3.86. The minimum absolute atomic E-state index is 0.00493. The molecular formula is C31H31N3O2. The Morgan fingerprint density at radius 1 is 0.944 bits per heavy atom. The van der Waals surface area contributed by atoms with Gasteiger partial charge in [0.15, 0.2) is 5.54 Å². The first-order valence-electron chi connectivity index (χ1n) is 12.8. The van der Waals surface area contributed by atoms with Crippen LogP contribution >= 0.6 is 0 Å². The number of aromatic nitrogens is 1. The number of rotatable bonds is 5. The van der Waals surface area contributed by atoms with E-state index in [4.69, 9.17) is 0 Å². The average molecular weight is 478 g/mol. The van der Waals surface area contributed by atoms with Gasteiger partial charge in [-0.1, -0.05) is 78.4 Å². The molecule has 1 aromatic heterocycles. The molecule has 2 amide bonds. The molecule has 1 N–H and O–H groups in total. The maximum Gasteiger partial charge on any atom is 0.254 e. The Labute approximate surface area is 211 Å². The molecule has 0 saturated carbocycles. The molecule has 2 aliphatic rings. The Balaban J connectivity index is 1.39.